The second-order valence-electron chi connectivity index (χ2n) is 1.10. The Bertz CT molecular complexity index is 61.3. The highest BCUT2D eigenvalue weighted by Crippen LogP contribution is 1.58. The molecule has 0 unspecified atom stereocenters. The third kappa shape index (κ3) is 40.7. The fourth-order valence-electron chi connectivity index (χ4n) is 0.101. The maximum Gasteiger partial charge on any atom is 0.293 e. The summed E-state index contributed by atoms with van der Waals surface area (Å²) >= 11 is 0. The Morgan fingerprint density at radius 2 is 2.22 bits per heavy atom. The van der Waals surface area contributed by atoms with Crippen molar-refractivity contribution in [3.8, 4) is 0 Å². The van der Waals surface area contributed by atoms with Crippen LogP contribution in [0.5, 0.6) is 0 Å². The molecule has 1 N–H and O–H groups in total. The molecule has 0 heterocycles. The first-order valence-electron chi connectivity index (χ1n) is 2.56. The van der Waals surface area contributed by atoms with Crippen molar-refractivity contribution in [2.45, 2.75) is 6.92 Å². The number of rotatable bonds is 3. The van der Waals surface area contributed by atoms with Gasteiger partial charge in [-0.1, -0.05) is 6.08 Å². The van der Waals surface area contributed by atoms with E-state index in [9.17, 15) is 4.79 Å². The Balaban J connectivity index is 0. The molecule has 0 saturated heterocycles. The second kappa shape index (κ2) is 15.7. The van der Waals surface area contributed by atoms with Crippen molar-refractivity contribution >= 4 is 6.47 Å². The first-order chi connectivity index (χ1) is 4.33. The maximum absolute atomic E-state index is 9.23. The molecular weight excluding hydrogens is 120 g/mol. The van der Waals surface area contributed by atoms with E-state index in [0.29, 0.717) is 6.47 Å². The molecule has 0 amide bonds. The highest BCUT2D eigenvalue weighted by molar-refractivity contribution is 5.36. The first kappa shape index (κ1) is 11.0. The number of ether oxygens (including phenoxy) is 1. The lowest BCUT2D eigenvalue weighted by molar-refractivity contribution is -0.129. The van der Waals surface area contributed by atoms with Gasteiger partial charge in [-0.3, -0.25) is 4.79 Å². The van der Waals surface area contributed by atoms with Crippen LogP contribution in [0.3, 0.4) is 0 Å². The predicted molar refractivity (Wildman–Crippen MR) is 35.0 cm³/mol. The molecule has 0 aromatic rings. The smallest absolute Gasteiger partial charge is 0.293 e. The average Bonchev–Trinajstić information content (AvgIpc) is 1.86. The van der Waals surface area contributed by atoms with Crippen LogP contribution in [-0.4, -0.2) is 24.8 Å². The molecule has 9 heavy (non-hydrogen) atoms. The zero-order valence-corrected chi connectivity index (χ0v) is 5.54. The van der Waals surface area contributed by atoms with E-state index in [1.807, 2.05) is 6.92 Å². The summed E-state index contributed by atoms with van der Waals surface area (Å²) in [6.45, 7) is 5.55. The number of carbonyl (C=O) groups is 1. The summed E-state index contributed by atoms with van der Waals surface area (Å²) in [5, 5.41) is 7.91. The number of hydrogen-bond donors (Lipinski definition) is 1. The third-order valence-corrected chi connectivity index (χ3v) is 0.277. The number of carbonyl (C=O) groups excluding carboxylic acids is 1. The fraction of sp³-hybridized carbons (Fsp3) is 0.500. The van der Waals surface area contributed by atoms with Crippen molar-refractivity contribution in [2.24, 2.45) is 0 Å². The molecule has 0 aromatic heterocycles. The van der Waals surface area contributed by atoms with Crippen LogP contribution in [0.15, 0.2) is 12.7 Å². The minimum Gasteiger partial charge on any atom is -0.465 e. The Labute approximate surface area is 54.9 Å². The lowest BCUT2D eigenvalue weighted by atomic mass is 10.8. The van der Waals surface area contributed by atoms with Gasteiger partial charge in [0.15, 0.2) is 0 Å². The van der Waals surface area contributed by atoms with E-state index in [4.69, 9.17) is 5.11 Å². The molecule has 0 saturated carbocycles. The van der Waals surface area contributed by atoms with Crippen molar-refractivity contribution in [1.29, 1.82) is 0 Å². The molecule has 0 aliphatic carbocycles. The van der Waals surface area contributed by atoms with Crippen molar-refractivity contribution < 1.29 is 14.6 Å². The second-order valence-corrected chi connectivity index (χ2v) is 1.10. The molecule has 0 fully saturated rings. The van der Waals surface area contributed by atoms with Crippen LogP contribution in [0, 0.1) is 0 Å². The van der Waals surface area contributed by atoms with Crippen LogP contribution in [0.25, 0.3) is 0 Å². The zero-order chi connectivity index (χ0) is 7.54. The molecular formula is C6H12O3. The van der Waals surface area contributed by atoms with E-state index in [1.165, 1.54) is 0 Å². The van der Waals surface area contributed by atoms with Gasteiger partial charge in [-0.15, -0.1) is 6.58 Å². The van der Waals surface area contributed by atoms with Crippen LogP contribution >= 0.6 is 0 Å². The van der Waals surface area contributed by atoms with E-state index in [1.54, 1.807) is 6.08 Å². The van der Waals surface area contributed by atoms with Crippen LogP contribution in [0.1, 0.15) is 6.92 Å². The Kier molecular flexibility index (Phi) is 19.2. The molecule has 54 valence electrons. The largest absolute Gasteiger partial charge is 0.465 e. The van der Waals surface area contributed by atoms with Crippen molar-refractivity contribution in [1.82, 2.24) is 0 Å². The predicted octanol–water partition coefficient (Wildman–Crippen LogP) is 0.344. The van der Waals surface area contributed by atoms with Crippen LogP contribution in [-0.2, 0) is 9.53 Å². The fourth-order valence-corrected chi connectivity index (χ4v) is 0.101. The summed E-state index contributed by atoms with van der Waals surface area (Å²) < 4.78 is 4.05. The Morgan fingerprint density at radius 1 is 1.78 bits per heavy atom. The Hall–Kier alpha value is -0.830. The molecule has 0 atom stereocenters. The van der Waals surface area contributed by atoms with Gasteiger partial charge >= 0.3 is 0 Å². The molecule has 0 aromatic carbocycles. The van der Waals surface area contributed by atoms with Gasteiger partial charge in [0, 0.05) is 0 Å². The van der Waals surface area contributed by atoms with E-state index in [0.717, 1.165) is 0 Å². The number of aliphatic hydroxyl groups is 1. The van der Waals surface area contributed by atoms with Crippen LogP contribution < -0.4 is 0 Å². The van der Waals surface area contributed by atoms with Crippen molar-refractivity contribution in [3.05, 3.63) is 12.7 Å². The van der Waals surface area contributed by atoms with Gasteiger partial charge in [-0.05, 0) is 6.92 Å². The van der Waals surface area contributed by atoms with Gasteiger partial charge in [0.2, 0.25) is 0 Å². The SMILES string of the molecule is C=CC.O=COCCO. The van der Waals surface area contributed by atoms with Crippen LogP contribution in [0.2, 0.25) is 0 Å². The van der Waals surface area contributed by atoms with Gasteiger partial charge in [0.1, 0.15) is 6.61 Å². The van der Waals surface area contributed by atoms with Crippen molar-refractivity contribution in [3.63, 3.8) is 0 Å². The molecule has 0 aliphatic rings. The lowest BCUT2D eigenvalue weighted by Gasteiger charge is -1.86. The summed E-state index contributed by atoms with van der Waals surface area (Å²) in [4.78, 5) is 9.23. The molecule has 3 nitrogen and oxygen atoms in total. The van der Waals surface area contributed by atoms with E-state index in [2.05, 4.69) is 11.3 Å². The van der Waals surface area contributed by atoms with E-state index >= 15 is 0 Å². The number of aliphatic hydroxyl groups excluding tert-OH is 1. The van der Waals surface area contributed by atoms with E-state index in [-0.39, 0.29) is 13.2 Å². The maximum atomic E-state index is 9.23. The van der Waals surface area contributed by atoms with Gasteiger partial charge in [0.25, 0.3) is 6.47 Å². The standard InChI is InChI=1S/C3H6O3.C3H6/c4-1-2-6-3-5;1-3-2/h3-4H,1-2H2;3H,1H2,2H3. The van der Waals surface area contributed by atoms with Gasteiger partial charge in [-0.25, -0.2) is 0 Å². The molecule has 0 aliphatic heterocycles. The minimum absolute atomic E-state index is 0.0985. The summed E-state index contributed by atoms with van der Waals surface area (Å²) in [6.07, 6.45) is 1.75. The molecule has 3 heteroatoms. The molecule has 0 radical (unpaired) electrons. The van der Waals surface area contributed by atoms with Crippen molar-refractivity contribution in [2.75, 3.05) is 13.2 Å². The molecule has 0 bridgehead atoms. The summed E-state index contributed by atoms with van der Waals surface area (Å²) in [5.74, 6) is 0. The number of allylic oxidation sites excluding steroid dienone is 1. The Morgan fingerprint density at radius 3 is 2.33 bits per heavy atom. The summed E-state index contributed by atoms with van der Waals surface area (Å²) in [5.41, 5.74) is 0. The monoisotopic (exact) mass is 132 g/mol. The normalized spacial score (nSPS) is 6.44. The minimum atomic E-state index is -0.0985. The van der Waals surface area contributed by atoms with Gasteiger partial charge < -0.3 is 9.84 Å². The average molecular weight is 132 g/mol. The first-order valence-corrected chi connectivity index (χ1v) is 2.56. The van der Waals surface area contributed by atoms with Gasteiger partial charge in [-0.2, -0.15) is 0 Å². The highest BCUT2D eigenvalue weighted by atomic mass is 16.5. The third-order valence-electron chi connectivity index (χ3n) is 0.277. The molecule has 0 rings (SSSR count). The summed E-state index contributed by atoms with van der Waals surface area (Å²) in [6, 6.07) is 0. The highest BCUT2D eigenvalue weighted by Gasteiger charge is 1.72. The quantitative estimate of drug-likeness (QED) is 0.342. The number of hydrogen-bond acceptors (Lipinski definition) is 3. The summed E-state index contributed by atoms with van der Waals surface area (Å²) in [7, 11) is 0. The zero-order valence-electron chi connectivity index (χ0n) is 5.54. The van der Waals surface area contributed by atoms with Gasteiger partial charge in [0.05, 0.1) is 6.61 Å². The van der Waals surface area contributed by atoms with Crippen LogP contribution in [0.4, 0.5) is 0 Å². The van der Waals surface area contributed by atoms with E-state index < -0.39 is 0 Å². The molecule has 0 spiro atoms. The lowest BCUT2D eigenvalue weighted by Crippen LogP contribution is -1.95. The topological polar surface area (TPSA) is 46.5 Å².